The molecule has 0 aromatic heterocycles. The fourth-order valence-electron chi connectivity index (χ4n) is 3.89. The van der Waals surface area contributed by atoms with Crippen LogP contribution >= 0.6 is 12.2 Å². The molecule has 0 aliphatic carbocycles. The van der Waals surface area contributed by atoms with Gasteiger partial charge in [0, 0.05) is 24.2 Å². The minimum absolute atomic E-state index is 0.0599. The van der Waals surface area contributed by atoms with Crippen molar-refractivity contribution in [3.05, 3.63) is 65.7 Å². The maximum Gasteiger partial charge on any atom is 0.251 e. The second kappa shape index (κ2) is 17.7. The van der Waals surface area contributed by atoms with Crippen LogP contribution in [0.3, 0.4) is 0 Å². The molecule has 3 N–H and O–H groups in total. The van der Waals surface area contributed by atoms with Crippen LogP contribution in [0.25, 0.3) is 0 Å². The SMILES string of the molecule is CCCCCCCCCCCCCC(=O)NC(=S)Nc1ccc(C(=O)NCc2ccccc2)cc1. The summed E-state index contributed by atoms with van der Waals surface area (Å²) < 4.78 is 0. The van der Waals surface area contributed by atoms with Gasteiger partial charge in [-0.3, -0.25) is 9.59 Å². The normalized spacial score (nSPS) is 10.5. The third kappa shape index (κ3) is 13.1. The summed E-state index contributed by atoms with van der Waals surface area (Å²) in [6, 6.07) is 16.8. The maximum absolute atomic E-state index is 12.3. The summed E-state index contributed by atoms with van der Waals surface area (Å²) in [5, 5.41) is 8.93. The highest BCUT2D eigenvalue weighted by molar-refractivity contribution is 7.80. The third-order valence-corrected chi connectivity index (χ3v) is 6.17. The van der Waals surface area contributed by atoms with Gasteiger partial charge in [0.1, 0.15) is 0 Å². The highest BCUT2D eigenvalue weighted by atomic mass is 32.1. The van der Waals surface area contributed by atoms with E-state index in [0.717, 1.165) is 24.1 Å². The molecular weight excluding hydrogens is 454 g/mol. The molecule has 190 valence electrons. The molecule has 0 saturated carbocycles. The van der Waals surface area contributed by atoms with E-state index in [9.17, 15) is 9.59 Å². The molecule has 0 aliphatic rings. The Bertz CT molecular complexity index is 885. The number of carbonyl (C=O) groups excluding carboxylic acids is 2. The quantitative estimate of drug-likeness (QED) is 0.171. The molecule has 2 rings (SSSR count). The number of rotatable bonds is 16. The Morgan fingerprint density at radius 1 is 0.743 bits per heavy atom. The van der Waals surface area contributed by atoms with Gasteiger partial charge in [0.2, 0.25) is 5.91 Å². The van der Waals surface area contributed by atoms with Gasteiger partial charge >= 0.3 is 0 Å². The fraction of sp³-hybridized carbons (Fsp3) is 0.483. The van der Waals surface area contributed by atoms with Gasteiger partial charge in [-0.15, -0.1) is 0 Å². The molecule has 35 heavy (non-hydrogen) atoms. The first-order valence-corrected chi connectivity index (χ1v) is 13.5. The average molecular weight is 496 g/mol. The van der Waals surface area contributed by atoms with Crippen molar-refractivity contribution >= 4 is 34.8 Å². The molecule has 6 heteroatoms. The zero-order valence-electron chi connectivity index (χ0n) is 21.1. The molecule has 2 aromatic rings. The predicted molar refractivity (Wildman–Crippen MR) is 149 cm³/mol. The number of hydrogen-bond acceptors (Lipinski definition) is 3. The van der Waals surface area contributed by atoms with Crippen LogP contribution in [0.15, 0.2) is 54.6 Å². The van der Waals surface area contributed by atoms with Gasteiger partial charge in [-0.2, -0.15) is 0 Å². The fourth-order valence-corrected chi connectivity index (χ4v) is 4.12. The van der Waals surface area contributed by atoms with Crippen molar-refractivity contribution < 1.29 is 9.59 Å². The molecule has 0 spiro atoms. The zero-order chi connectivity index (χ0) is 25.1. The van der Waals surface area contributed by atoms with Gasteiger partial charge in [0.15, 0.2) is 5.11 Å². The molecule has 0 saturated heterocycles. The van der Waals surface area contributed by atoms with Crippen molar-refractivity contribution in [3.8, 4) is 0 Å². The minimum Gasteiger partial charge on any atom is -0.348 e. The van der Waals surface area contributed by atoms with E-state index < -0.39 is 0 Å². The molecule has 0 unspecified atom stereocenters. The molecule has 2 amide bonds. The molecule has 0 bridgehead atoms. The largest absolute Gasteiger partial charge is 0.348 e. The van der Waals surface area contributed by atoms with Crippen LogP contribution in [0.4, 0.5) is 5.69 Å². The first-order valence-electron chi connectivity index (χ1n) is 13.1. The average Bonchev–Trinajstić information content (AvgIpc) is 2.87. The van der Waals surface area contributed by atoms with Gasteiger partial charge in [0.25, 0.3) is 5.91 Å². The number of unbranched alkanes of at least 4 members (excludes halogenated alkanes) is 10. The summed E-state index contributed by atoms with van der Waals surface area (Å²) in [5.74, 6) is -0.196. The summed E-state index contributed by atoms with van der Waals surface area (Å²) in [6.07, 6.45) is 14.3. The number of nitrogens with one attached hydrogen (secondary N) is 3. The van der Waals surface area contributed by atoms with Crippen molar-refractivity contribution in [1.29, 1.82) is 0 Å². The summed E-state index contributed by atoms with van der Waals surface area (Å²) >= 11 is 5.26. The second-order valence-electron chi connectivity index (χ2n) is 9.03. The number of thiocarbonyl (C=S) groups is 1. The smallest absolute Gasteiger partial charge is 0.251 e. The Morgan fingerprint density at radius 3 is 1.91 bits per heavy atom. The van der Waals surface area contributed by atoms with E-state index in [0.29, 0.717) is 18.5 Å². The van der Waals surface area contributed by atoms with E-state index >= 15 is 0 Å². The predicted octanol–water partition coefficient (Wildman–Crippen LogP) is 7.13. The highest BCUT2D eigenvalue weighted by Gasteiger charge is 2.07. The van der Waals surface area contributed by atoms with Crippen LogP contribution in [-0.2, 0) is 11.3 Å². The number of carbonyl (C=O) groups is 2. The summed E-state index contributed by atoms with van der Waals surface area (Å²) in [4.78, 5) is 24.5. The van der Waals surface area contributed by atoms with Crippen molar-refractivity contribution in [2.75, 3.05) is 5.32 Å². The molecule has 2 aromatic carbocycles. The topological polar surface area (TPSA) is 70.2 Å². The third-order valence-electron chi connectivity index (χ3n) is 5.96. The Labute approximate surface area is 216 Å². The Balaban J connectivity index is 1.55. The van der Waals surface area contributed by atoms with Gasteiger partial charge in [-0.25, -0.2) is 0 Å². The maximum atomic E-state index is 12.3. The number of anilines is 1. The van der Waals surface area contributed by atoms with Gasteiger partial charge < -0.3 is 16.0 Å². The molecule has 5 nitrogen and oxygen atoms in total. The molecule has 0 radical (unpaired) electrons. The van der Waals surface area contributed by atoms with Crippen LogP contribution < -0.4 is 16.0 Å². The van der Waals surface area contributed by atoms with E-state index in [1.54, 1.807) is 24.3 Å². The van der Waals surface area contributed by atoms with Crippen LogP contribution in [-0.4, -0.2) is 16.9 Å². The van der Waals surface area contributed by atoms with Gasteiger partial charge in [-0.05, 0) is 48.5 Å². The Hall–Kier alpha value is -2.73. The summed E-state index contributed by atoms with van der Waals surface area (Å²) in [6.45, 7) is 2.73. The second-order valence-corrected chi connectivity index (χ2v) is 9.44. The number of hydrogen-bond donors (Lipinski definition) is 3. The molecule has 0 atom stereocenters. The number of benzene rings is 2. The Kier molecular flexibility index (Phi) is 14.4. The van der Waals surface area contributed by atoms with Crippen LogP contribution in [0, 0.1) is 0 Å². The van der Waals surface area contributed by atoms with E-state index in [4.69, 9.17) is 12.2 Å². The molecule has 0 aliphatic heterocycles. The van der Waals surface area contributed by atoms with E-state index in [1.165, 1.54) is 57.8 Å². The van der Waals surface area contributed by atoms with Crippen molar-refractivity contribution in [3.63, 3.8) is 0 Å². The minimum atomic E-state index is -0.136. The van der Waals surface area contributed by atoms with Crippen LogP contribution in [0.2, 0.25) is 0 Å². The summed E-state index contributed by atoms with van der Waals surface area (Å²) in [7, 11) is 0. The lowest BCUT2D eigenvalue weighted by Crippen LogP contribution is -2.33. The lowest BCUT2D eigenvalue weighted by atomic mass is 10.1. The van der Waals surface area contributed by atoms with Crippen LogP contribution in [0.5, 0.6) is 0 Å². The lowest BCUT2D eigenvalue weighted by molar-refractivity contribution is -0.119. The first kappa shape index (κ1) is 28.5. The number of amides is 2. The monoisotopic (exact) mass is 495 g/mol. The van der Waals surface area contributed by atoms with Crippen molar-refractivity contribution in [2.24, 2.45) is 0 Å². The van der Waals surface area contributed by atoms with E-state index in [2.05, 4.69) is 22.9 Å². The highest BCUT2D eigenvalue weighted by Crippen LogP contribution is 2.12. The van der Waals surface area contributed by atoms with E-state index in [-0.39, 0.29) is 16.9 Å². The standard InChI is InChI=1S/C29H41N3O2S/c1-2-3-4-5-6-7-8-9-10-11-15-18-27(33)32-29(35)31-26-21-19-25(20-22-26)28(34)30-23-24-16-13-12-14-17-24/h12-14,16-17,19-22H,2-11,15,18,23H2,1H3,(H,30,34)(H2,31,32,33,35). The zero-order valence-corrected chi connectivity index (χ0v) is 21.9. The van der Waals surface area contributed by atoms with Gasteiger partial charge in [0.05, 0.1) is 0 Å². The molecule has 0 heterocycles. The molecule has 0 fully saturated rings. The molecular formula is C29H41N3O2S. The van der Waals surface area contributed by atoms with Crippen molar-refractivity contribution in [2.45, 2.75) is 90.5 Å². The Morgan fingerprint density at radius 2 is 1.31 bits per heavy atom. The first-order chi connectivity index (χ1) is 17.1. The summed E-state index contributed by atoms with van der Waals surface area (Å²) in [5.41, 5.74) is 2.34. The van der Waals surface area contributed by atoms with E-state index in [1.807, 2.05) is 30.3 Å². The van der Waals surface area contributed by atoms with Crippen molar-refractivity contribution in [1.82, 2.24) is 10.6 Å². The lowest BCUT2D eigenvalue weighted by Gasteiger charge is -2.10. The van der Waals surface area contributed by atoms with Gasteiger partial charge in [-0.1, -0.05) is 101 Å². The van der Waals surface area contributed by atoms with Crippen LogP contribution in [0.1, 0.15) is 99.9 Å².